The second kappa shape index (κ2) is 15.4. The molecule has 0 aliphatic carbocycles. The van der Waals surface area contributed by atoms with Crippen LogP contribution in [-0.2, 0) is 4.79 Å². The smallest absolute Gasteiger partial charge is 0.129 e. The summed E-state index contributed by atoms with van der Waals surface area (Å²) in [7, 11) is 3.74. The van der Waals surface area contributed by atoms with Crippen molar-refractivity contribution in [3.8, 4) is 0 Å². The average molecular weight is 372 g/mol. The zero-order valence-electron chi connectivity index (χ0n) is 18.0. The Hall–Kier alpha value is -0.610. The normalized spacial score (nSPS) is 14.3. The van der Waals surface area contributed by atoms with Gasteiger partial charge in [0.15, 0.2) is 0 Å². The standard InChI is InChI=1S/C22H45NO3/c1-5-7-8-9-10-11-12-13-14-15-16-17-18-20(24)19-23(3,4)21(6-2)22(25)26/h20-21,24H,5-19H2,1-4H3. The van der Waals surface area contributed by atoms with Crippen LogP contribution in [0.15, 0.2) is 0 Å². The van der Waals surface area contributed by atoms with Gasteiger partial charge in [-0.05, 0) is 6.42 Å². The van der Waals surface area contributed by atoms with Gasteiger partial charge in [-0.3, -0.25) is 0 Å². The Balaban J connectivity index is 3.62. The van der Waals surface area contributed by atoms with Crippen molar-refractivity contribution >= 4 is 5.97 Å². The van der Waals surface area contributed by atoms with Crippen LogP contribution in [0.1, 0.15) is 104 Å². The van der Waals surface area contributed by atoms with Gasteiger partial charge in [0, 0.05) is 6.42 Å². The van der Waals surface area contributed by atoms with Crippen LogP contribution in [0.5, 0.6) is 0 Å². The van der Waals surface area contributed by atoms with Gasteiger partial charge in [-0.25, -0.2) is 0 Å². The Morgan fingerprint density at radius 2 is 1.27 bits per heavy atom. The van der Waals surface area contributed by atoms with Crippen molar-refractivity contribution in [3.63, 3.8) is 0 Å². The molecule has 0 fully saturated rings. The van der Waals surface area contributed by atoms with E-state index in [1.165, 1.54) is 70.6 Å². The third kappa shape index (κ3) is 12.7. The third-order valence-electron chi connectivity index (χ3n) is 5.57. The summed E-state index contributed by atoms with van der Waals surface area (Å²) in [6, 6.07) is -0.549. The maximum atomic E-state index is 11.2. The summed E-state index contributed by atoms with van der Waals surface area (Å²) in [5, 5.41) is 21.5. The van der Waals surface area contributed by atoms with Gasteiger partial charge in [-0.15, -0.1) is 0 Å². The molecule has 2 atom stereocenters. The number of carbonyl (C=O) groups is 1. The van der Waals surface area contributed by atoms with E-state index in [4.69, 9.17) is 0 Å². The van der Waals surface area contributed by atoms with E-state index in [1.807, 2.05) is 21.0 Å². The predicted octanol–water partition coefficient (Wildman–Crippen LogP) is 4.04. The number of likely N-dealkylation sites (N-methyl/N-ethyl adjacent to an activating group) is 1. The van der Waals surface area contributed by atoms with E-state index >= 15 is 0 Å². The van der Waals surface area contributed by atoms with Crippen LogP contribution >= 0.6 is 0 Å². The van der Waals surface area contributed by atoms with E-state index in [-0.39, 0.29) is 4.48 Å². The average Bonchev–Trinajstić information content (AvgIpc) is 2.55. The summed E-state index contributed by atoms with van der Waals surface area (Å²) in [5.74, 6) is -1.02. The lowest BCUT2D eigenvalue weighted by molar-refractivity contribution is -0.911. The van der Waals surface area contributed by atoms with Crippen LogP contribution in [0.4, 0.5) is 0 Å². The molecule has 0 radical (unpaired) electrons. The fourth-order valence-electron chi connectivity index (χ4n) is 3.93. The van der Waals surface area contributed by atoms with Gasteiger partial charge in [0.2, 0.25) is 0 Å². The van der Waals surface area contributed by atoms with Crippen LogP contribution in [0.25, 0.3) is 0 Å². The Morgan fingerprint density at radius 1 is 0.846 bits per heavy atom. The number of quaternary nitrogens is 1. The van der Waals surface area contributed by atoms with Crippen LogP contribution in [-0.4, -0.2) is 48.3 Å². The number of carbonyl (C=O) groups excluding carboxylic acids is 1. The van der Waals surface area contributed by atoms with Crippen molar-refractivity contribution in [3.05, 3.63) is 0 Å². The minimum Gasteiger partial charge on any atom is -0.544 e. The van der Waals surface area contributed by atoms with E-state index in [2.05, 4.69) is 6.92 Å². The molecule has 0 spiro atoms. The summed E-state index contributed by atoms with van der Waals surface area (Å²) in [4.78, 5) is 11.2. The molecule has 0 saturated carbocycles. The fraction of sp³-hybridized carbons (Fsp3) is 0.955. The number of carboxylic acids is 1. The van der Waals surface area contributed by atoms with Crippen molar-refractivity contribution in [1.29, 1.82) is 0 Å². The number of aliphatic carboxylic acids is 1. The largest absolute Gasteiger partial charge is 0.544 e. The highest BCUT2D eigenvalue weighted by atomic mass is 16.4. The minimum atomic E-state index is -1.02. The number of aliphatic hydroxyl groups is 1. The molecule has 0 heterocycles. The zero-order chi connectivity index (χ0) is 19.8. The Labute approximate surface area is 162 Å². The van der Waals surface area contributed by atoms with Gasteiger partial charge < -0.3 is 19.5 Å². The monoisotopic (exact) mass is 371 g/mol. The molecule has 156 valence electrons. The van der Waals surface area contributed by atoms with Crippen LogP contribution in [0, 0.1) is 0 Å². The second-order valence-corrected chi connectivity index (χ2v) is 8.54. The molecule has 26 heavy (non-hydrogen) atoms. The Bertz CT molecular complexity index is 344. The number of nitrogens with zero attached hydrogens (tertiary/aromatic N) is 1. The first-order valence-electron chi connectivity index (χ1n) is 11.1. The molecule has 0 aromatic rings. The number of carboxylic acid groups (broad SMARTS) is 1. The highest BCUT2D eigenvalue weighted by Crippen LogP contribution is 2.16. The first kappa shape index (κ1) is 25.4. The molecule has 0 aliphatic rings. The maximum absolute atomic E-state index is 11.2. The highest BCUT2D eigenvalue weighted by Gasteiger charge is 2.30. The lowest BCUT2D eigenvalue weighted by atomic mass is 10.0. The SMILES string of the molecule is CCCCCCCCCCCCCCC(O)C[N+](C)(C)C(CC)C(=O)[O-]. The van der Waals surface area contributed by atoms with Crippen LogP contribution < -0.4 is 5.11 Å². The van der Waals surface area contributed by atoms with Crippen LogP contribution in [0.3, 0.4) is 0 Å². The Kier molecular flexibility index (Phi) is 15.1. The molecule has 0 bridgehead atoms. The summed E-state index contributed by atoms with van der Waals surface area (Å²) in [5.41, 5.74) is 0. The molecule has 4 nitrogen and oxygen atoms in total. The van der Waals surface area contributed by atoms with E-state index < -0.39 is 18.1 Å². The van der Waals surface area contributed by atoms with E-state index in [9.17, 15) is 15.0 Å². The summed E-state index contributed by atoms with van der Waals surface area (Å²) in [6.45, 7) is 4.59. The summed E-state index contributed by atoms with van der Waals surface area (Å²) in [6.07, 6.45) is 16.6. The van der Waals surface area contributed by atoms with E-state index in [0.29, 0.717) is 13.0 Å². The highest BCUT2D eigenvalue weighted by molar-refractivity contribution is 5.69. The summed E-state index contributed by atoms with van der Waals surface area (Å²) >= 11 is 0. The fourth-order valence-corrected chi connectivity index (χ4v) is 3.93. The number of hydrogen-bond donors (Lipinski definition) is 1. The Morgan fingerprint density at radius 3 is 1.65 bits per heavy atom. The number of rotatable bonds is 18. The van der Waals surface area contributed by atoms with Gasteiger partial charge in [-0.1, -0.05) is 90.9 Å². The molecule has 0 aromatic heterocycles. The minimum absolute atomic E-state index is 0.290. The van der Waals surface area contributed by atoms with Crippen LogP contribution in [0.2, 0.25) is 0 Å². The van der Waals surface area contributed by atoms with Crippen molar-refractivity contribution in [1.82, 2.24) is 0 Å². The number of aliphatic hydroxyl groups excluding tert-OH is 1. The van der Waals surface area contributed by atoms with Crippen molar-refractivity contribution in [2.45, 2.75) is 116 Å². The zero-order valence-corrected chi connectivity index (χ0v) is 18.0. The van der Waals surface area contributed by atoms with E-state index in [1.54, 1.807) is 0 Å². The maximum Gasteiger partial charge on any atom is 0.129 e. The van der Waals surface area contributed by atoms with Crippen molar-refractivity contribution in [2.75, 3.05) is 20.6 Å². The number of hydrogen-bond acceptors (Lipinski definition) is 3. The van der Waals surface area contributed by atoms with Gasteiger partial charge in [0.05, 0.1) is 20.1 Å². The molecule has 0 amide bonds. The topological polar surface area (TPSA) is 60.4 Å². The second-order valence-electron chi connectivity index (χ2n) is 8.54. The molecular weight excluding hydrogens is 326 g/mol. The molecule has 0 rings (SSSR count). The molecule has 0 aliphatic heterocycles. The lowest BCUT2D eigenvalue weighted by Gasteiger charge is -2.39. The summed E-state index contributed by atoms with van der Waals surface area (Å²) < 4.78 is 0.290. The van der Waals surface area contributed by atoms with Gasteiger partial charge in [-0.2, -0.15) is 0 Å². The molecule has 0 saturated heterocycles. The lowest BCUT2D eigenvalue weighted by Crippen LogP contribution is -2.59. The quantitative estimate of drug-likeness (QED) is 0.292. The first-order valence-corrected chi connectivity index (χ1v) is 11.1. The third-order valence-corrected chi connectivity index (χ3v) is 5.57. The number of unbranched alkanes of at least 4 members (excludes halogenated alkanes) is 11. The molecule has 2 unspecified atom stereocenters. The van der Waals surface area contributed by atoms with Gasteiger partial charge in [0.1, 0.15) is 18.7 Å². The molecule has 4 heteroatoms. The van der Waals surface area contributed by atoms with E-state index in [0.717, 1.165) is 12.8 Å². The first-order chi connectivity index (χ1) is 12.3. The molecule has 0 aromatic carbocycles. The predicted molar refractivity (Wildman–Crippen MR) is 108 cm³/mol. The molecular formula is C22H45NO3. The van der Waals surface area contributed by atoms with Gasteiger partial charge in [0.25, 0.3) is 0 Å². The van der Waals surface area contributed by atoms with Crippen molar-refractivity contribution in [2.24, 2.45) is 0 Å². The molecule has 1 N–H and O–H groups in total. The van der Waals surface area contributed by atoms with Gasteiger partial charge >= 0.3 is 0 Å². The van der Waals surface area contributed by atoms with Crippen molar-refractivity contribution < 1.29 is 19.5 Å².